The summed E-state index contributed by atoms with van der Waals surface area (Å²) in [5.41, 5.74) is 2.76. The first-order valence-corrected chi connectivity index (χ1v) is 10.8. The summed E-state index contributed by atoms with van der Waals surface area (Å²) in [7, 11) is 0. The molecule has 7 heteroatoms. The summed E-state index contributed by atoms with van der Waals surface area (Å²) < 4.78 is 33.4. The van der Waals surface area contributed by atoms with Gasteiger partial charge >= 0.3 is 0 Å². The van der Waals surface area contributed by atoms with Gasteiger partial charge in [0.15, 0.2) is 0 Å². The van der Waals surface area contributed by atoms with Crippen LogP contribution in [-0.2, 0) is 0 Å². The van der Waals surface area contributed by atoms with Crippen molar-refractivity contribution in [2.24, 2.45) is 0 Å². The van der Waals surface area contributed by atoms with Crippen LogP contribution in [0.5, 0.6) is 0 Å². The fourth-order valence-electron chi connectivity index (χ4n) is 4.30. The van der Waals surface area contributed by atoms with Crippen molar-refractivity contribution in [2.45, 2.75) is 19.9 Å². The number of hydrogen-bond donors (Lipinski definition) is 0. The molecule has 1 aliphatic heterocycles. The van der Waals surface area contributed by atoms with Crippen LogP contribution in [-0.4, -0.2) is 47.1 Å². The zero-order valence-electron chi connectivity index (χ0n) is 18.1. The van der Waals surface area contributed by atoms with Crippen molar-refractivity contribution in [2.75, 3.05) is 31.1 Å². The lowest BCUT2D eigenvalue weighted by Crippen LogP contribution is -2.49. The predicted molar refractivity (Wildman–Crippen MR) is 122 cm³/mol. The van der Waals surface area contributed by atoms with Crippen LogP contribution < -0.4 is 4.90 Å². The highest BCUT2D eigenvalue weighted by atomic mass is 19.1. The van der Waals surface area contributed by atoms with Crippen molar-refractivity contribution in [3.63, 3.8) is 0 Å². The average Bonchev–Trinajstić information content (AvgIpc) is 3.20. The monoisotopic (exact) mass is 434 g/mol. The second-order valence-corrected chi connectivity index (χ2v) is 8.31. The van der Waals surface area contributed by atoms with E-state index < -0.39 is 0 Å². The van der Waals surface area contributed by atoms with Gasteiger partial charge in [-0.15, -0.1) is 0 Å². The Morgan fingerprint density at radius 1 is 0.812 bits per heavy atom. The molecule has 0 radical (unpaired) electrons. The van der Waals surface area contributed by atoms with E-state index in [0.29, 0.717) is 17.5 Å². The van der Waals surface area contributed by atoms with Crippen LogP contribution in [0.4, 0.5) is 14.6 Å². The lowest BCUT2D eigenvalue weighted by Gasteiger charge is -2.37. The van der Waals surface area contributed by atoms with E-state index in [1.165, 1.54) is 30.6 Å². The number of fused-ring (bicyclic) bond motifs is 1. The topological polar surface area (TPSA) is 45.4 Å². The molecule has 3 heterocycles. The van der Waals surface area contributed by atoms with Gasteiger partial charge in [-0.05, 0) is 55.8 Å². The van der Waals surface area contributed by atoms with Gasteiger partial charge in [-0.1, -0.05) is 12.1 Å². The maximum absolute atomic E-state index is 13.7. The Morgan fingerprint density at radius 2 is 1.41 bits per heavy atom. The van der Waals surface area contributed by atoms with Crippen LogP contribution in [0.3, 0.4) is 0 Å². The average molecular weight is 434 g/mol. The van der Waals surface area contributed by atoms with E-state index in [1.807, 2.05) is 0 Å². The fourth-order valence-corrected chi connectivity index (χ4v) is 4.30. The molecule has 0 bridgehead atoms. The second kappa shape index (κ2) is 8.31. The van der Waals surface area contributed by atoms with Crippen molar-refractivity contribution >= 4 is 16.9 Å². The standard InChI is InChI=1S/C25H24F2N4O/c1-16(2)30-11-13-31(14-12-30)24-22-21(17-3-7-19(26)8-4-17)23(32-25(22)29-15-28-24)18-5-9-20(27)10-6-18/h3-10,15-16H,11-14H2,1-2H3. The number of aromatic nitrogens is 2. The van der Waals surface area contributed by atoms with Crippen molar-refractivity contribution in [3.8, 4) is 22.5 Å². The number of rotatable bonds is 4. The highest BCUT2D eigenvalue weighted by Gasteiger charge is 2.27. The normalized spacial score (nSPS) is 15.1. The van der Waals surface area contributed by atoms with Gasteiger partial charge in [-0.2, -0.15) is 0 Å². The third-order valence-corrected chi connectivity index (χ3v) is 6.05. The Kier molecular flexibility index (Phi) is 5.35. The van der Waals surface area contributed by atoms with Crippen molar-refractivity contribution in [3.05, 3.63) is 66.5 Å². The maximum Gasteiger partial charge on any atom is 0.232 e. The molecular formula is C25H24F2N4O. The Hall–Kier alpha value is -3.32. The molecule has 0 amide bonds. The number of hydrogen-bond acceptors (Lipinski definition) is 5. The molecule has 0 atom stereocenters. The van der Waals surface area contributed by atoms with Gasteiger partial charge in [0.1, 0.15) is 29.5 Å². The lowest BCUT2D eigenvalue weighted by atomic mass is 9.99. The first-order valence-electron chi connectivity index (χ1n) is 10.8. The van der Waals surface area contributed by atoms with E-state index >= 15 is 0 Å². The Labute approximate surface area is 185 Å². The quantitative estimate of drug-likeness (QED) is 0.432. The molecule has 1 saturated heterocycles. The zero-order valence-corrected chi connectivity index (χ0v) is 18.1. The van der Waals surface area contributed by atoms with E-state index in [0.717, 1.165) is 54.1 Å². The molecule has 0 aliphatic carbocycles. The van der Waals surface area contributed by atoms with Gasteiger partial charge in [-0.3, -0.25) is 4.90 Å². The van der Waals surface area contributed by atoms with Crippen LogP contribution in [0.2, 0.25) is 0 Å². The molecular weight excluding hydrogens is 410 g/mol. The Balaban J connectivity index is 1.68. The van der Waals surface area contributed by atoms with Crippen molar-refractivity contribution in [1.82, 2.24) is 14.9 Å². The summed E-state index contributed by atoms with van der Waals surface area (Å²) in [4.78, 5) is 13.7. The first kappa shape index (κ1) is 20.6. The van der Waals surface area contributed by atoms with Crippen molar-refractivity contribution in [1.29, 1.82) is 0 Å². The molecule has 0 saturated carbocycles. The Morgan fingerprint density at radius 3 is 2.00 bits per heavy atom. The molecule has 0 unspecified atom stereocenters. The molecule has 0 N–H and O–H groups in total. The number of halogens is 2. The SMILES string of the molecule is CC(C)N1CCN(c2ncnc3oc(-c4ccc(F)cc4)c(-c4ccc(F)cc4)c23)CC1. The minimum absolute atomic E-state index is 0.314. The molecule has 1 aliphatic rings. The van der Waals surface area contributed by atoms with Gasteiger partial charge < -0.3 is 9.32 Å². The lowest BCUT2D eigenvalue weighted by molar-refractivity contribution is 0.209. The van der Waals surface area contributed by atoms with Gasteiger partial charge in [0.05, 0.1) is 5.39 Å². The third kappa shape index (κ3) is 3.73. The molecule has 32 heavy (non-hydrogen) atoms. The summed E-state index contributed by atoms with van der Waals surface area (Å²) in [6, 6.07) is 12.9. The van der Waals surface area contributed by atoms with Crippen molar-refractivity contribution < 1.29 is 13.2 Å². The fraction of sp³-hybridized carbons (Fsp3) is 0.280. The number of piperazine rings is 1. The van der Waals surface area contributed by atoms with Crippen LogP contribution in [0.15, 0.2) is 59.3 Å². The summed E-state index contributed by atoms with van der Waals surface area (Å²) in [5.74, 6) is 0.729. The zero-order chi connectivity index (χ0) is 22.2. The van der Waals surface area contributed by atoms with Crippen LogP contribution in [0, 0.1) is 11.6 Å². The van der Waals surface area contributed by atoms with E-state index in [2.05, 4.69) is 33.6 Å². The van der Waals surface area contributed by atoms with Gasteiger partial charge in [0, 0.05) is 43.3 Å². The maximum atomic E-state index is 13.7. The van der Waals surface area contributed by atoms with E-state index in [4.69, 9.17) is 4.42 Å². The molecule has 0 spiro atoms. The van der Waals surface area contributed by atoms with Crippen LogP contribution in [0.25, 0.3) is 33.6 Å². The van der Waals surface area contributed by atoms with E-state index in [9.17, 15) is 8.78 Å². The van der Waals surface area contributed by atoms with Gasteiger partial charge in [-0.25, -0.2) is 18.7 Å². The highest BCUT2D eigenvalue weighted by Crippen LogP contribution is 2.43. The Bertz CT molecular complexity index is 1230. The summed E-state index contributed by atoms with van der Waals surface area (Å²) in [6.07, 6.45) is 1.51. The summed E-state index contributed by atoms with van der Waals surface area (Å²) in [6.45, 7) is 7.97. The smallest absolute Gasteiger partial charge is 0.232 e. The highest BCUT2D eigenvalue weighted by molar-refractivity contribution is 6.06. The summed E-state index contributed by atoms with van der Waals surface area (Å²) >= 11 is 0. The van der Waals surface area contributed by atoms with Gasteiger partial charge in [0.25, 0.3) is 0 Å². The molecule has 5 rings (SSSR count). The summed E-state index contributed by atoms with van der Waals surface area (Å²) in [5, 5.41) is 0.788. The van der Waals surface area contributed by atoms with E-state index in [-0.39, 0.29) is 11.6 Å². The molecule has 2 aromatic heterocycles. The minimum atomic E-state index is -0.323. The molecule has 5 nitrogen and oxygen atoms in total. The number of nitrogens with zero attached hydrogens (tertiary/aromatic N) is 4. The van der Waals surface area contributed by atoms with E-state index in [1.54, 1.807) is 24.3 Å². The minimum Gasteiger partial charge on any atom is -0.437 e. The van der Waals surface area contributed by atoms with Gasteiger partial charge in [0.2, 0.25) is 5.71 Å². The number of anilines is 1. The predicted octanol–water partition coefficient (Wildman–Crippen LogP) is 5.37. The molecule has 1 fully saturated rings. The third-order valence-electron chi connectivity index (χ3n) is 6.05. The largest absolute Gasteiger partial charge is 0.437 e. The molecule has 164 valence electrons. The number of benzene rings is 2. The van der Waals surface area contributed by atoms with Crippen LogP contribution in [0.1, 0.15) is 13.8 Å². The molecule has 2 aromatic carbocycles. The first-order chi connectivity index (χ1) is 15.5. The van der Waals surface area contributed by atoms with Crippen LogP contribution >= 0.6 is 0 Å². The number of furan rings is 1. The second-order valence-electron chi connectivity index (χ2n) is 8.31. The molecule has 4 aromatic rings.